The Bertz CT molecular complexity index is 1860. The SMILES string of the molecule is OC[C@@H](O)[C@@H]1O[C@@H](O[C@@H]2[C@H](O)[C@@H](O)O[C@H](CO)[C@H]2O)[C@H](O)[C@H]1O[C@H]1O[C@H](COCc2ccccc2)[C@H](OCc2ccccc2)[C@H](OCc2ccccc2)[C@H]1OCc1ccccc1. The third-order valence-corrected chi connectivity index (χ3v) is 11.1. The van der Waals surface area contributed by atoms with Crippen molar-refractivity contribution in [3.63, 3.8) is 0 Å². The maximum Gasteiger partial charge on any atom is 0.187 e. The first-order valence-electron chi connectivity index (χ1n) is 20.7. The van der Waals surface area contributed by atoms with Crippen LogP contribution in [0.4, 0.5) is 0 Å². The highest BCUT2D eigenvalue weighted by Crippen LogP contribution is 2.37. The third kappa shape index (κ3) is 11.7. The fourth-order valence-electron chi connectivity index (χ4n) is 7.74. The number of ether oxygens (including phenoxy) is 9. The van der Waals surface area contributed by atoms with E-state index >= 15 is 0 Å². The van der Waals surface area contributed by atoms with Crippen LogP contribution in [0, 0.1) is 0 Å². The van der Waals surface area contributed by atoms with Gasteiger partial charge in [-0.05, 0) is 22.3 Å². The third-order valence-electron chi connectivity index (χ3n) is 11.1. The predicted octanol–water partition coefficient (Wildman–Crippen LogP) is 1.33. The lowest BCUT2D eigenvalue weighted by atomic mass is 9.97. The van der Waals surface area contributed by atoms with E-state index in [1.807, 2.05) is 121 Å². The smallest absolute Gasteiger partial charge is 0.187 e. The second-order valence-corrected chi connectivity index (χ2v) is 15.5. The van der Waals surface area contributed by atoms with E-state index in [0.29, 0.717) is 0 Å². The van der Waals surface area contributed by atoms with Gasteiger partial charge in [-0.15, -0.1) is 0 Å². The summed E-state index contributed by atoms with van der Waals surface area (Å²) < 4.78 is 56.7. The van der Waals surface area contributed by atoms with Gasteiger partial charge in [0, 0.05) is 0 Å². The van der Waals surface area contributed by atoms with Crippen molar-refractivity contribution in [2.24, 2.45) is 0 Å². The highest BCUT2D eigenvalue weighted by atomic mass is 16.8. The minimum absolute atomic E-state index is 0.00313. The summed E-state index contributed by atoms with van der Waals surface area (Å²) in [5, 5.41) is 74.6. The lowest BCUT2D eigenvalue weighted by molar-refractivity contribution is -0.342. The molecule has 3 aliphatic rings. The molecule has 0 aliphatic carbocycles. The molecule has 3 fully saturated rings. The van der Waals surface area contributed by atoms with Gasteiger partial charge in [0.2, 0.25) is 0 Å². The molecule has 7 rings (SSSR count). The van der Waals surface area contributed by atoms with Crippen molar-refractivity contribution in [3.8, 4) is 0 Å². The quantitative estimate of drug-likeness (QED) is 0.0666. The minimum atomic E-state index is -1.85. The van der Waals surface area contributed by atoms with Gasteiger partial charge in [-0.2, -0.15) is 0 Å². The Morgan fingerprint density at radius 2 is 0.952 bits per heavy atom. The van der Waals surface area contributed by atoms with Gasteiger partial charge in [0.25, 0.3) is 0 Å². The molecule has 0 unspecified atom stereocenters. The highest BCUT2D eigenvalue weighted by molar-refractivity contribution is 5.16. The van der Waals surface area contributed by atoms with E-state index in [2.05, 4.69) is 0 Å². The molecule has 0 amide bonds. The number of hydrogen-bond acceptors (Lipinski definition) is 16. The maximum atomic E-state index is 11.8. The summed E-state index contributed by atoms with van der Waals surface area (Å²) in [6.07, 6.45) is -21.4. The Kier molecular flexibility index (Phi) is 17.0. The molecule has 3 saturated heterocycles. The van der Waals surface area contributed by atoms with Crippen molar-refractivity contribution in [3.05, 3.63) is 144 Å². The van der Waals surface area contributed by atoms with Crippen LogP contribution in [0.5, 0.6) is 0 Å². The summed E-state index contributed by atoms with van der Waals surface area (Å²) in [7, 11) is 0. The molecule has 4 aromatic carbocycles. The minimum Gasteiger partial charge on any atom is -0.394 e. The normalized spacial score (nSPS) is 33.0. The number of rotatable bonds is 20. The lowest BCUT2D eigenvalue weighted by Crippen LogP contribution is -2.63. The Labute approximate surface area is 359 Å². The molecule has 0 spiro atoms. The van der Waals surface area contributed by atoms with Crippen molar-refractivity contribution >= 4 is 0 Å². The van der Waals surface area contributed by atoms with Gasteiger partial charge >= 0.3 is 0 Å². The molecule has 16 nitrogen and oxygen atoms in total. The Balaban J connectivity index is 1.22. The Morgan fingerprint density at radius 3 is 1.47 bits per heavy atom. The lowest BCUT2D eigenvalue weighted by Gasteiger charge is -2.47. The number of aliphatic hydroxyl groups excluding tert-OH is 7. The Morgan fingerprint density at radius 1 is 0.468 bits per heavy atom. The van der Waals surface area contributed by atoms with Crippen LogP contribution in [0.3, 0.4) is 0 Å². The predicted molar refractivity (Wildman–Crippen MR) is 217 cm³/mol. The van der Waals surface area contributed by atoms with Crippen LogP contribution in [0.25, 0.3) is 0 Å². The molecule has 15 atom stereocenters. The first-order chi connectivity index (χ1) is 30.2. The Hall–Kier alpha value is -3.76. The maximum absolute atomic E-state index is 11.8. The largest absolute Gasteiger partial charge is 0.394 e. The monoisotopic (exact) mass is 864 g/mol. The highest BCUT2D eigenvalue weighted by Gasteiger charge is 2.56. The molecular formula is C46H56O16. The van der Waals surface area contributed by atoms with E-state index in [9.17, 15) is 35.7 Å². The van der Waals surface area contributed by atoms with Crippen molar-refractivity contribution in [2.45, 2.75) is 119 Å². The summed E-state index contributed by atoms with van der Waals surface area (Å²) in [4.78, 5) is 0. The average Bonchev–Trinajstić information content (AvgIpc) is 3.61. The standard InChI is InChI=1S/C46H56O16/c47-21-32(49)38-41(37(52)45(60-38)61-40-35(50)33(22-48)58-44(53)36(40)51)62-46-43(57-26-31-19-11-4-12-20-31)42(56-25-30-17-9-3-10-18-30)39(55-24-29-15-7-2-8-16-29)34(59-46)27-54-23-28-13-5-1-6-14-28/h1-20,32-53H,21-27H2/t32-,33-,34-,35-,36+,37-,38+,39+,40+,41-,42+,43-,44+,45+,46-/m1/s1. The number of aliphatic hydroxyl groups is 7. The zero-order valence-corrected chi connectivity index (χ0v) is 34.0. The van der Waals surface area contributed by atoms with Gasteiger partial charge in [0.1, 0.15) is 73.2 Å². The van der Waals surface area contributed by atoms with Gasteiger partial charge in [-0.1, -0.05) is 121 Å². The number of hydrogen-bond donors (Lipinski definition) is 7. The van der Waals surface area contributed by atoms with Crippen LogP contribution in [-0.2, 0) is 69.1 Å². The molecular weight excluding hydrogens is 808 g/mol. The van der Waals surface area contributed by atoms with E-state index in [0.717, 1.165) is 22.3 Å². The van der Waals surface area contributed by atoms with Crippen LogP contribution in [0.2, 0.25) is 0 Å². The first kappa shape index (κ1) is 46.2. The van der Waals surface area contributed by atoms with Gasteiger partial charge in [0.05, 0.1) is 46.2 Å². The van der Waals surface area contributed by atoms with Crippen molar-refractivity contribution in [1.29, 1.82) is 0 Å². The molecule has 0 bridgehead atoms. The second kappa shape index (κ2) is 22.7. The zero-order valence-electron chi connectivity index (χ0n) is 34.0. The number of benzene rings is 4. The molecule has 3 heterocycles. The van der Waals surface area contributed by atoms with E-state index in [1.54, 1.807) is 0 Å². The molecule has 62 heavy (non-hydrogen) atoms. The average molecular weight is 865 g/mol. The molecule has 4 aromatic rings. The van der Waals surface area contributed by atoms with Crippen LogP contribution in [0.15, 0.2) is 121 Å². The van der Waals surface area contributed by atoms with E-state index in [1.165, 1.54) is 0 Å². The first-order valence-corrected chi connectivity index (χ1v) is 20.7. The molecule has 0 aromatic heterocycles. The molecule has 3 aliphatic heterocycles. The van der Waals surface area contributed by atoms with E-state index in [-0.39, 0.29) is 33.0 Å². The molecule has 16 heteroatoms. The van der Waals surface area contributed by atoms with Crippen LogP contribution in [0.1, 0.15) is 22.3 Å². The summed E-state index contributed by atoms with van der Waals surface area (Å²) in [5.41, 5.74) is 3.52. The van der Waals surface area contributed by atoms with Gasteiger partial charge in [-0.3, -0.25) is 0 Å². The summed E-state index contributed by atoms with van der Waals surface area (Å²) in [6.45, 7) is -0.898. The van der Waals surface area contributed by atoms with Crippen LogP contribution in [-0.4, -0.2) is 148 Å². The van der Waals surface area contributed by atoms with Gasteiger partial charge in [-0.25, -0.2) is 0 Å². The van der Waals surface area contributed by atoms with Crippen LogP contribution >= 0.6 is 0 Å². The molecule has 336 valence electrons. The topological polar surface area (TPSA) is 225 Å². The summed E-state index contributed by atoms with van der Waals surface area (Å²) >= 11 is 0. The van der Waals surface area contributed by atoms with Crippen molar-refractivity contribution in [1.82, 2.24) is 0 Å². The summed E-state index contributed by atoms with van der Waals surface area (Å²) in [6, 6.07) is 38.2. The van der Waals surface area contributed by atoms with Gasteiger partial charge < -0.3 is 78.4 Å². The zero-order chi connectivity index (χ0) is 43.4. The summed E-state index contributed by atoms with van der Waals surface area (Å²) in [5.74, 6) is 0. The second-order valence-electron chi connectivity index (χ2n) is 15.5. The molecule has 0 radical (unpaired) electrons. The van der Waals surface area contributed by atoms with Crippen LogP contribution < -0.4 is 0 Å². The fraction of sp³-hybridized carbons (Fsp3) is 0.478. The van der Waals surface area contributed by atoms with Gasteiger partial charge in [0.15, 0.2) is 18.9 Å². The van der Waals surface area contributed by atoms with E-state index < -0.39 is 105 Å². The van der Waals surface area contributed by atoms with Crippen molar-refractivity contribution < 1.29 is 78.4 Å². The fourth-order valence-corrected chi connectivity index (χ4v) is 7.74. The van der Waals surface area contributed by atoms with Crippen molar-refractivity contribution in [2.75, 3.05) is 19.8 Å². The molecule has 0 saturated carbocycles. The van der Waals surface area contributed by atoms with E-state index in [4.69, 9.17) is 42.6 Å². The molecule has 7 N–H and O–H groups in total.